The summed E-state index contributed by atoms with van der Waals surface area (Å²) >= 11 is 1.74. The van der Waals surface area contributed by atoms with E-state index in [-0.39, 0.29) is 6.04 Å². The molecule has 3 aliphatic heterocycles. The van der Waals surface area contributed by atoms with Crippen LogP contribution in [0.2, 0.25) is 0 Å². The van der Waals surface area contributed by atoms with Gasteiger partial charge in [0.05, 0.1) is 17.4 Å². The Morgan fingerprint density at radius 1 is 0.806 bits per heavy atom. The number of likely N-dealkylation sites (N-methyl/N-ethyl adjacent to an activating group) is 1. The van der Waals surface area contributed by atoms with E-state index in [1.165, 1.54) is 50.2 Å². The van der Waals surface area contributed by atoms with Gasteiger partial charge in [-0.05, 0) is 61.7 Å². The first kappa shape index (κ1) is 23.1. The van der Waals surface area contributed by atoms with Crippen molar-refractivity contribution in [1.29, 1.82) is 0 Å². The summed E-state index contributed by atoms with van der Waals surface area (Å²) in [7, 11) is 2.22. The molecular weight excluding hydrogens is 458 g/mol. The van der Waals surface area contributed by atoms with Crippen molar-refractivity contribution in [3.8, 4) is 0 Å². The Balaban J connectivity index is 1.50. The summed E-state index contributed by atoms with van der Waals surface area (Å²) in [6, 6.07) is 26.8. The Kier molecular flexibility index (Phi) is 5.94. The van der Waals surface area contributed by atoms with E-state index in [0.717, 1.165) is 24.0 Å². The van der Waals surface area contributed by atoms with Gasteiger partial charge >= 0.3 is 0 Å². The fourth-order valence-electron chi connectivity index (χ4n) is 5.27. The first-order chi connectivity index (χ1) is 17.5. The summed E-state index contributed by atoms with van der Waals surface area (Å²) in [4.78, 5) is 10.2. The number of aliphatic imine (C=N–C) groups is 1. The van der Waals surface area contributed by atoms with Crippen molar-refractivity contribution in [1.82, 2.24) is 9.80 Å². The van der Waals surface area contributed by atoms with Crippen LogP contribution in [0.25, 0.3) is 11.8 Å². The third kappa shape index (κ3) is 4.25. The van der Waals surface area contributed by atoms with Crippen molar-refractivity contribution in [3.05, 3.63) is 128 Å². The average Bonchev–Trinajstić information content (AvgIpc) is 3.29. The van der Waals surface area contributed by atoms with Crippen LogP contribution in [0.15, 0.2) is 100 Å². The van der Waals surface area contributed by atoms with Gasteiger partial charge in [0.1, 0.15) is 0 Å². The normalized spacial score (nSPS) is 20.8. The van der Waals surface area contributed by atoms with E-state index in [1.54, 1.807) is 11.8 Å². The molecule has 0 aliphatic carbocycles. The topological polar surface area (TPSA) is 18.8 Å². The van der Waals surface area contributed by atoms with Crippen molar-refractivity contribution >= 4 is 28.7 Å². The largest absolute Gasteiger partial charge is 0.308 e. The molecule has 0 spiro atoms. The van der Waals surface area contributed by atoms with E-state index in [9.17, 15) is 0 Å². The van der Waals surface area contributed by atoms with Gasteiger partial charge in [0.2, 0.25) is 0 Å². The second-order valence-electron chi connectivity index (χ2n) is 10.2. The van der Waals surface area contributed by atoms with E-state index >= 15 is 0 Å². The zero-order valence-electron chi connectivity index (χ0n) is 21.3. The van der Waals surface area contributed by atoms with Gasteiger partial charge in [0, 0.05) is 18.5 Å². The fourth-order valence-corrected chi connectivity index (χ4v) is 6.20. The zero-order chi connectivity index (χ0) is 24.8. The first-order valence-electron chi connectivity index (χ1n) is 12.5. The number of nitrogens with zero attached hydrogens (tertiary/aromatic N) is 3. The van der Waals surface area contributed by atoms with Gasteiger partial charge in [0.25, 0.3) is 0 Å². The van der Waals surface area contributed by atoms with Crippen LogP contribution in [0.4, 0.5) is 0 Å². The summed E-state index contributed by atoms with van der Waals surface area (Å²) < 4.78 is 0. The highest BCUT2D eigenvalue weighted by Gasteiger charge is 2.41. The molecule has 0 saturated carbocycles. The minimum atomic E-state index is 0.111. The van der Waals surface area contributed by atoms with Gasteiger partial charge in [-0.1, -0.05) is 101 Å². The highest BCUT2D eigenvalue weighted by Crippen LogP contribution is 2.49. The smallest absolute Gasteiger partial charge is 0.174 e. The van der Waals surface area contributed by atoms with Crippen LogP contribution < -0.4 is 0 Å². The molecule has 0 fully saturated rings. The summed E-state index contributed by atoms with van der Waals surface area (Å²) in [5, 5.41) is 3.34. The van der Waals surface area contributed by atoms with E-state index in [0.29, 0.717) is 0 Å². The Bertz CT molecular complexity index is 1420. The summed E-state index contributed by atoms with van der Waals surface area (Å²) in [5.41, 5.74) is 12.7. The minimum absolute atomic E-state index is 0.111. The number of benzene rings is 3. The van der Waals surface area contributed by atoms with E-state index in [2.05, 4.69) is 122 Å². The molecule has 3 heterocycles. The van der Waals surface area contributed by atoms with Crippen molar-refractivity contribution in [2.45, 2.75) is 26.8 Å². The van der Waals surface area contributed by atoms with Crippen LogP contribution in [0.5, 0.6) is 0 Å². The fraction of sp³-hybridized carbons (Fsp3) is 0.219. The molecule has 6 rings (SSSR count). The van der Waals surface area contributed by atoms with Crippen molar-refractivity contribution in [3.63, 3.8) is 0 Å². The van der Waals surface area contributed by atoms with Crippen LogP contribution in [0.1, 0.15) is 39.4 Å². The quantitative estimate of drug-likeness (QED) is 0.383. The Morgan fingerprint density at radius 3 is 2.08 bits per heavy atom. The molecule has 3 aromatic rings. The predicted octanol–water partition coefficient (Wildman–Crippen LogP) is 7.35. The van der Waals surface area contributed by atoms with Gasteiger partial charge in [0.15, 0.2) is 5.17 Å². The molecule has 3 nitrogen and oxygen atoms in total. The van der Waals surface area contributed by atoms with Gasteiger partial charge in [-0.15, -0.1) is 0 Å². The maximum atomic E-state index is 5.32. The molecule has 0 bridgehead atoms. The van der Waals surface area contributed by atoms with Gasteiger partial charge < -0.3 is 4.90 Å². The van der Waals surface area contributed by atoms with E-state index < -0.39 is 0 Å². The highest BCUT2D eigenvalue weighted by atomic mass is 32.2. The molecule has 0 aromatic heterocycles. The number of hydrogen-bond acceptors (Lipinski definition) is 4. The van der Waals surface area contributed by atoms with Gasteiger partial charge in [-0.25, -0.2) is 4.99 Å². The predicted molar refractivity (Wildman–Crippen MR) is 154 cm³/mol. The maximum Gasteiger partial charge on any atom is 0.174 e. The SMILES string of the molecule is Cc1ccc(/C=C2\CN(C)CC3=C2N=C2SC=C(c4ccc(C)cc4)N2[C@@H]3c2ccc(C)cc2)cc1. The zero-order valence-corrected chi connectivity index (χ0v) is 22.1. The Hall–Kier alpha value is -3.34. The lowest BCUT2D eigenvalue weighted by Crippen LogP contribution is -2.40. The first-order valence-corrected chi connectivity index (χ1v) is 13.4. The Labute approximate surface area is 218 Å². The number of thioether (sulfide) groups is 1. The van der Waals surface area contributed by atoms with E-state index in [4.69, 9.17) is 4.99 Å². The monoisotopic (exact) mass is 489 g/mol. The van der Waals surface area contributed by atoms with E-state index in [1.807, 2.05) is 0 Å². The van der Waals surface area contributed by atoms with Crippen molar-refractivity contribution < 1.29 is 0 Å². The molecule has 0 N–H and O–H groups in total. The second-order valence-corrected chi connectivity index (χ2v) is 11.0. The lowest BCUT2D eigenvalue weighted by Gasteiger charge is -2.42. The van der Waals surface area contributed by atoms with Crippen molar-refractivity contribution in [2.24, 2.45) is 4.99 Å². The Morgan fingerprint density at radius 2 is 1.42 bits per heavy atom. The van der Waals surface area contributed by atoms with Crippen LogP contribution in [0.3, 0.4) is 0 Å². The van der Waals surface area contributed by atoms with Gasteiger partial charge in [-0.2, -0.15) is 0 Å². The molecule has 36 heavy (non-hydrogen) atoms. The van der Waals surface area contributed by atoms with Crippen LogP contribution in [-0.4, -0.2) is 35.1 Å². The van der Waals surface area contributed by atoms with Crippen molar-refractivity contribution in [2.75, 3.05) is 20.1 Å². The molecule has 3 aromatic carbocycles. The number of amidine groups is 1. The van der Waals surface area contributed by atoms with Crippen LogP contribution >= 0.6 is 11.8 Å². The molecule has 0 unspecified atom stereocenters. The third-order valence-electron chi connectivity index (χ3n) is 7.18. The number of rotatable bonds is 3. The molecule has 0 amide bonds. The second kappa shape index (κ2) is 9.27. The molecule has 180 valence electrons. The number of fused-ring (bicyclic) bond motifs is 1. The summed E-state index contributed by atoms with van der Waals surface area (Å²) in [6.45, 7) is 8.23. The summed E-state index contributed by atoms with van der Waals surface area (Å²) in [5.74, 6) is 0. The molecular formula is C32H31N3S. The highest BCUT2D eigenvalue weighted by molar-refractivity contribution is 8.16. The van der Waals surface area contributed by atoms with Crippen LogP contribution in [0, 0.1) is 20.8 Å². The molecule has 4 heteroatoms. The minimum Gasteiger partial charge on any atom is -0.308 e. The summed E-state index contributed by atoms with van der Waals surface area (Å²) in [6.07, 6.45) is 2.32. The van der Waals surface area contributed by atoms with Crippen LogP contribution in [-0.2, 0) is 0 Å². The lowest BCUT2D eigenvalue weighted by molar-refractivity contribution is 0.344. The average molecular weight is 490 g/mol. The molecule has 0 saturated heterocycles. The number of aryl methyl sites for hydroxylation is 3. The lowest BCUT2D eigenvalue weighted by atomic mass is 9.87. The molecule has 0 radical (unpaired) electrons. The standard InChI is InChI=1S/C32H31N3S/c1-21-5-11-24(12-6-21)17-27-18-34(4)19-28-30(27)33-32-35(31(28)26-15-9-23(3)10-16-26)29(20-36-32)25-13-7-22(2)8-14-25/h5-17,20,31H,18-19H2,1-4H3/b27-17+/t31-/m1/s1. The van der Waals surface area contributed by atoms with Gasteiger partial charge in [-0.3, -0.25) is 4.90 Å². The maximum absolute atomic E-state index is 5.32. The third-order valence-corrected chi connectivity index (χ3v) is 8.02. The molecule has 3 aliphatic rings. The molecule has 1 atom stereocenters. The number of hydrogen-bond donors (Lipinski definition) is 0.